The molecule has 0 unspecified atom stereocenters. The molecule has 4 aromatic rings. The van der Waals surface area contributed by atoms with Gasteiger partial charge in [-0.2, -0.15) is 0 Å². The van der Waals surface area contributed by atoms with Crippen molar-refractivity contribution in [2.24, 2.45) is 5.92 Å². The predicted octanol–water partition coefficient (Wildman–Crippen LogP) is 5.86. The summed E-state index contributed by atoms with van der Waals surface area (Å²) in [6.07, 6.45) is 0.508. The van der Waals surface area contributed by atoms with Crippen molar-refractivity contribution in [2.75, 3.05) is 12.8 Å². The lowest BCUT2D eigenvalue weighted by Gasteiger charge is -2.20. The second-order valence-corrected chi connectivity index (χ2v) is 8.83. The summed E-state index contributed by atoms with van der Waals surface area (Å²) in [5, 5.41) is 4.12. The Morgan fingerprint density at radius 1 is 1.03 bits per heavy atom. The Hall–Kier alpha value is -3.86. The maximum absolute atomic E-state index is 13.0. The van der Waals surface area contributed by atoms with Crippen LogP contribution in [0.1, 0.15) is 36.6 Å². The third-order valence-corrected chi connectivity index (χ3v) is 6.32. The summed E-state index contributed by atoms with van der Waals surface area (Å²) in [7, 11) is 1.63. The molecule has 3 aromatic carbocycles. The van der Waals surface area contributed by atoms with Gasteiger partial charge in [-0.25, -0.2) is 4.98 Å². The minimum absolute atomic E-state index is 0.0356. The van der Waals surface area contributed by atoms with Crippen molar-refractivity contribution in [3.63, 3.8) is 0 Å². The first-order valence-electron chi connectivity index (χ1n) is 11.6. The number of ether oxygens (including phenoxy) is 1. The molecule has 0 saturated heterocycles. The van der Waals surface area contributed by atoms with E-state index < -0.39 is 0 Å². The number of hydrogen-bond donors (Lipinski definition) is 2. The molecule has 0 aliphatic carbocycles. The number of carbonyl (C=O) groups excluding carboxylic acids is 1. The van der Waals surface area contributed by atoms with E-state index in [9.17, 15) is 4.79 Å². The number of carbonyl (C=O) groups is 1. The first-order chi connectivity index (χ1) is 16.4. The number of nitrogen functional groups attached to an aromatic ring is 1. The van der Waals surface area contributed by atoms with E-state index >= 15 is 0 Å². The molecule has 0 aliphatic heterocycles. The van der Waals surface area contributed by atoms with Crippen LogP contribution < -0.4 is 15.8 Å². The van der Waals surface area contributed by atoms with Crippen molar-refractivity contribution in [3.05, 3.63) is 89.5 Å². The molecular weight excluding hydrogens is 422 g/mol. The smallest absolute Gasteiger partial charge is 0.223 e. The number of amides is 1. The normalized spacial score (nSPS) is 12.8. The average Bonchev–Trinajstić information content (AvgIpc) is 2.84. The topological polar surface area (TPSA) is 77.2 Å². The summed E-state index contributed by atoms with van der Waals surface area (Å²) in [5.41, 5.74) is 12.5. The molecule has 34 heavy (non-hydrogen) atoms. The highest BCUT2D eigenvalue weighted by Crippen LogP contribution is 2.29. The second kappa shape index (κ2) is 9.96. The Morgan fingerprint density at radius 3 is 2.53 bits per heavy atom. The van der Waals surface area contributed by atoms with Gasteiger partial charge in [-0.05, 0) is 66.8 Å². The van der Waals surface area contributed by atoms with Gasteiger partial charge in [0.25, 0.3) is 0 Å². The Labute approximate surface area is 201 Å². The number of para-hydroxylation sites is 1. The van der Waals surface area contributed by atoms with E-state index in [4.69, 9.17) is 10.5 Å². The number of fused-ring (bicyclic) bond motifs is 1. The van der Waals surface area contributed by atoms with Gasteiger partial charge in [-0.15, -0.1) is 0 Å². The van der Waals surface area contributed by atoms with Gasteiger partial charge in [-0.3, -0.25) is 4.79 Å². The Bertz CT molecular complexity index is 1330. The van der Waals surface area contributed by atoms with Crippen molar-refractivity contribution in [2.45, 2.75) is 33.2 Å². The van der Waals surface area contributed by atoms with Crippen LogP contribution in [-0.2, 0) is 11.2 Å². The summed E-state index contributed by atoms with van der Waals surface area (Å²) in [4.78, 5) is 17.6. The number of aryl methyl sites for hydroxylation is 1. The molecule has 174 valence electrons. The van der Waals surface area contributed by atoms with E-state index in [0.717, 1.165) is 33.3 Å². The molecule has 0 spiro atoms. The Kier molecular flexibility index (Phi) is 6.82. The van der Waals surface area contributed by atoms with Crippen LogP contribution in [0.3, 0.4) is 0 Å². The number of nitrogens with zero attached hydrogens (tertiary/aromatic N) is 1. The van der Waals surface area contributed by atoms with E-state index in [2.05, 4.69) is 47.6 Å². The van der Waals surface area contributed by atoms with E-state index in [1.807, 2.05) is 56.3 Å². The van der Waals surface area contributed by atoms with Crippen LogP contribution in [0.25, 0.3) is 22.0 Å². The number of anilines is 1. The molecule has 5 heteroatoms. The van der Waals surface area contributed by atoms with Crippen molar-refractivity contribution in [1.29, 1.82) is 0 Å². The third kappa shape index (κ3) is 4.88. The van der Waals surface area contributed by atoms with Crippen LogP contribution in [0.4, 0.5) is 5.82 Å². The molecule has 0 fully saturated rings. The number of methoxy groups -OCH3 is 1. The van der Waals surface area contributed by atoms with Crippen LogP contribution in [-0.4, -0.2) is 18.0 Å². The van der Waals surface area contributed by atoms with Crippen molar-refractivity contribution >= 4 is 22.6 Å². The highest BCUT2D eigenvalue weighted by Gasteiger charge is 2.20. The average molecular weight is 454 g/mol. The van der Waals surface area contributed by atoms with Gasteiger partial charge in [0.1, 0.15) is 11.6 Å². The number of aromatic nitrogens is 1. The van der Waals surface area contributed by atoms with E-state index in [1.54, 1.807) is 7.11 Å². The van der Waals surface area contributed by atoms with E-state index in [-0.39, 0.29) is 17.9 Å². The number of rotatable bonds is 7. The molecule has 1 aromatic heterocycles. The Balaban J connectivity index is 1.54. The van der Waals surface area contributed by atoms with Crippen LogP contribution >= 0.6 is 0 Å². The summed E-state index contributed by atoms with van der Waals surface area (Å²) in [6.45, 7) is 5.98. The van der Waals surface area contributed by atoms with Crippen LogP contribution in [0.15, 0.2) is 72.8 Å². The monoisotopic (exact) mass is 453 g/mol. The summed E-state index contributed by atoms with van der Waals surface area (Å²) in [6, 6.07) is 24.2. The van der Waals surface area contributed by atoms with Gasteiger partial charge < -0.3 is 15.8 Å². The largest absolute Gasteiger partial charge is 0.496 e. The van der Waals surface area contributed by atoms with Crippen LogP contribution in [0.5, 0.6) is 5.75 Å². The molecule has 0 saturated carbocycles. The van der Waals surface area contributed by atoms with Crippen molar-refractivity contribution in [3.8, 4) is 16.9 Å². The van der Waals surface area contributed by atoms with E-state index in [1.165, 1.54) is 11.1 Å². The lowest BCUT2D eigenvalue weighted by molar-refractivity contribution is -0.125. The maximum atomic E-state index is 13.0. The molecule has 5 nitrogen and oxygen atoms in total. The highest BCUT2D eigenvalue weighted by atomic mass is 16.5. The fourth-order valence-corrected chi connectivity index (χ4v) is 4.34. The van der Waals surface area contributed by atoms with Gasteiger partial charge >= 0.3 is 0 Å². The Morgan fingerprint density at radius 2 is 1.76 bits per heavy atom. The first kappa shape index (κ1) is 23.3. The van der Waals surface area contributed by atoms with Gasteiger partial charge in [0.15, 0.2) is 0 Å². The zero-order chi connectivity index (χ0) is 24.2. The summed E-state index contributed by atoms with van der Waals surface area (Å²) in [5.74, 6) is 0.925. The standard InChI is InChI=1S/C29H31N3O2/c1-18-9-5-6-10-24(18)21-13-14-26-22(16-21)17-23(28(30)32-26)15-19(2)29(33)31-20(3)25-11-7-8-12-27(25)34-4/h5-14,16-17,19-20H,15H2,1-4H3,(H2,30,32)(H,31,33)/t19-,20-/m1/s1. The molecule has 0 aliphatic rings. The SMILES string of the molecule is COc1ccccc1[C@@H](C)NC(=O)[C@H](C)Cc1cc2cc(-c3ccccc3C)ccc2nc1N. The molecule has 2 atom stereocenters. The van der Waals surface area contributed by atoms with Gasteiger partial charge in [-0.1, -0.05) is 55.5 Å². The predicted molar refractivity (Wildman–Crippen MR) is 139 cm³/mol. The fourth-order valence-electron chi connectivity index (χ4n) is 4.34. The number of nitrogens with one attached hydrogen (secondary N) is 1. The molecule has 1 heterocycles. The molecule has 1 amide bonds. The minimum atomic E-state index is -0.266. The summed E-state index contributed by atoms with van der Waals surface area (Å²) >= 11 is 0. The van der Waals surface area contributed by atoms with Crippen LogP contribution in [0, 0.1) is 12.8 Å². The number of hydrogen-bond acceptors (Lipinski definition) is 4. The molecule has 0 radical (unpaired) electrons. The zero-order valence-corrected chi connectivity index (χ0v) is 20.1. The molecule has 4 rings (SSSR count). The molecule has 0 bridgehead atoms. The number of pyridine rings is 1. The lowest BCUT2D eigenvalue weighted by Crippen LogP contribution is -2.32. The fraction of sp³-hybridized carbons (Fsp3) is 0.241. The van der Waals surface area contributed by atoms with E-state index in [0.29, 0.717) is 12.2 Å². The zero-order valence-electron chi connectivity index (χ0n) is 20.1. The lowest BCUT2D eigenvalue weighted by atomic mass is 9.96. The number of nitrogens with two attached hydrogens (primary N) is 1. The van der Waals surface area contributed by atoms with Crippen molar-refractivity contribution < 1.29 is 9.53 Å². The third-order valence-electron chi connectivity index (χ3n) is 6.32. The van der Waals surface area contributed by atoms with Gasteiger partial charge in [0.05, 0.1) is 18.7 Å². The minimum Gasteiger partial charge on any atom is -0.496 e. The molecule has 3 N–H and O–H groups in total. The van der Waals surface area contributed by atoms with Gasteiger partial charge in [0, 0.05) is 16.9 Å². The summed E-state index contributed by atoms with van der Waals surface area (Å²) < 4.78 is 5.43. The van der Waals surface area contributed by atoms with Crippen LogP contribution in [0.2, 0.25) is 0 Å². The van der Waals surface area contributed by atoms with Crippen molar-refractivity contribution in [1.82, 2.24) is 10.3 Å². The highest BCUT2D eigenvalue weighted by molar-refractivity contribution is 5.87. The quantitative estimate of drug-likeness (QED) is 0.368. The second-order valence-electron chi connectivity index (χ2n) is 8.83. The maximum Gasteiger partial charge on any atom is 0.223 e. The molecular formula is C29H31N3O2. The number of benzene rings is 3. The first-order valence-corrected chi connectivity index (χ1v) is 11.6. The van der Waals surface area contributed by atoms with Gasteiger partial charge in [0.2, 0.25) is 5.91 Å².